The van der Waals surface area contributed by atoms with Crippen LogP contribution >= 0.6 is 0 Å². The molecule has 16 heteroatoms. The first-order valence-corrected chi connectivity index (χ1v) is 13.1. The molecule has 16 atom stereocenters. The highest BCUT2D eigenvalue weighted by molar-refractivity contribution is 4.97. The Balaban J connectivity index is 1.39. The van der Waals surface area contributed by atoms with Gasteiger partial charge in [0.15, 0.2) is 12.6 Å². The molecule has 0 aliphatic carbocycles. The van der Waals surface area contributed by atoms with E-state index >= 15 is 0 Å². The van der Waals surface area contributed by atoms with E-state index in [0.717, 1.165) is 6.42 Å². The topological polar surface area (TPSA) is 261 Å². The predicted molar refractivity (Wildman–Crippen MR) is 123 cm³/mol. The van der Waals surface area contributed by atoms with Gasteiger partial charge in [0.25, 0.3) is 0 Å². The number of hydrogen-bond acceptors (Lipinski definition) is 16. The summed E-state index contributed by atoms with van der Waals surface area (Å²) in [7, 11) is 0. The van der Waals surface area contributed by atoms with E-state index in [1.54, 1.807) is 0 Å². The van der Waals surface area contributed by atoms with Gasteiger partial charge in [-0.1, -0.05) is 0 Å². The first kappa shape index (κ1) is 31.3. The molecule has 4 heterocycles. The van der Waals surface area contributed by atoms with E-state index in [4.69, 9.17) is 28.4 Å². The normalized spacial score (nSPS) is 50.6. The minimum Gasteiger partial charge on any atom is -0.394 e. The molecule has 0 saturated carbocycles. The molecule has 0 bridgehead atoms. The van der Waals surface area contributed by atoms with Gasteiger partial charge in [0.05, 0.1) is 38.6 Å². The monoisotopic (exact) mass is 572 g/mol. The van der Waals surface area contributed by atoms with E-state index < -0.39 is 112 Å². The molecule has 4 rings (SSSR count). The van der Waals surface area contributed by atoms with Gasteiger partial charge in [-0.05, 0) is 19.3 Å². The minimum atomic E-state index is -1.86. The maximum absolute atomic E-state index is 10.8. The van der Waals surface area contributed by atoms with Crippen molar-refractivity contribution in [1.29, 1.82) is 0 Å². The largest absolute Gasteiger partial charge is 0.394 e. The van der Waals surface area contributed by atoms with E-state index in [-0.39, 0.29) is 6.10 Å². The Morgan fingerprint density at radius 1 is 0.513 bits per heavy atom. The summed E-state index contributed by atoms with van der Waals surface area (Å²) in [5.41, 5.74) is 0. The molecule has 0 spiro atoms. The van der Waals surface area contributed by atoms with E-state index in [1.807, 2.05) is 0 Å². The van der Waals surface area contributed by atoms with E-state index in [0.29, 0.717) is 19.4 Å². The molecule has 10 N–H and O–H groups in total. The van der Waals surface area contributed by atoms with Gasteiger partial charge in [0.2, 0.25) is 0 Å². The highest BCUT2D eigenvalue weighted by Gasteiger charge is 2.53. The maximum atomic E-state index is 10.8. The van der Waals surface area contributed by atoms with Crippen molar-refractivity contribution >= 4 is 0 Å². The molecule has 0 aromatic heterocycles. The molecule has 39 heavy (non-hydrogen) atoms. The molecule has 0 radical (unpaired) electrons. The number of aliphatic hydroxyl groups excluding tert-OH is 10. The van der Waals surface area contributed by atoms with Gasteiger partial charge in [-0.15, -0.1) is 0 Å². The molecule has 0 aromatic carbocycles. The van der Waals surface area contributed by atoms with Crippen LogP contribution in [0.1, 0.15) is 19.3 Å². The lowest BCUT2D eigenvalue weighted by Crippen LogP contribution is -2.66. The fraction of sp³-hybridized carbons (Fsp3) is 1.00. The Bertz CT molecular complexity index is 752. The highest BCUT2D eigenvalue weighted by Crippen LogP contribution is 2.33. The third-order valence-corrected chi connectivity index (χ3v) is 7.63. The molecule has 4 saturated heterocycles. The Morgan fingerprint density at radius 3 is 1.51 bits per heavy atom. The Kier molecular flexibility index (Phi) is 10.9. The lowest BCUT2D eigenvalue weighted by Gasteiger charge is -2.48. The zero-order valence-electron chi connectivity index (χ0n) is 21.1. The number of rotatable bonds is 11. The van der Waals surface area contributed by atoms with E-state index in [2.05, 4.69) is 0 Å². The molecule has 0 aromatic rings. The van der Waals surface area contributed by atoms with Crippen LogP contribution in [-0.2, 0) is 28.4 Å². The first-order chi connectivity index (χ1) is 18.6. The molecular weight excluding hydrogens is 532 g/mol. The molecule has 4 fully saturated rings. The van der Waals surface area contributed by atoms with Gasteiger partial charge >= 0.3 is 0 Å². The Hall–Kier alpha value is -0.640. The fourth-order valence-electron chi connectivity index (χ4n) is 5.17. The second kappa shape index (κ2) is 13.6. The van der Waals surface area contributed by atoms with Crippen LogP contribution in [0.15, 0.2) is 0 Å². The van der Waals surface area contributed by atoms with Crippen LogP contribution in [-0.4, -0.2) is 176 Å². The summed E-state index contributed by atoms with van der Waals surface area (Å²) in [6.45, 7) is -1.43. The second-order valence-corrected chi connectivity index (χ2v) is 10.4. The minimum absolute atomic E-state index is 0.185. The zero-order valence-corrected chi connectivity index (χ0v) is 21.1. The zero-order chi connectivity index (χ0) is 28.4. The number of epoxide rings is 1. The third-order valence-electron chi connectivity index (χ3n) is 7.63. The Morgan fingerprint density at radius 2 is 0.974 bits per heavy atom. The van der Waals surface area contributed by atoms with Crippen LogP contribution in [0, 0.1) is 0 Å². The molecule has 228 valence electrons. The van der Waals surface area contributed by atoms with Gasteiger partial charge in [0, 0.05) is 0 Å². The van der Waals surface area contributed by atoms with Crippen molar-refractivity contribution < 1.29 is 79.5 Å². The molecule has 16 nitrogen and oxygen atoms in total. The van der Waals surface area contributed by atoms with Gasteiger partial charge in [0.1, 0.15) is 73.2 Å². The van der Waals surface area contributed by atoms with Gasteiger partial charge in [-0.25, -0.2) is 0 Å². The van der Waals surface area contributed by atoms with Crippen LogP contribution in [0.4, 0.5) is 0 Å². The van der Waals surface area contributed by atoms with Crippen molar-refractivity contribution in [2.24, 2.45) is 0 Å². The van der Waals surface area contributed by atoms with Crippen molar-refractivity contribution in [3.05, 3.63) is 0 Å². The average Bonchev–Trinajstić information content (AvgIpc) is 3.76. The lowest BCUT2D eigenvalue weighted by atomic mass is 9.91. The highest BCUT2D eigenvalue weighted by atomic mass is 16.7. The summed E-state index contributed by atoms with van der Waals surface area (Å²) in [6.07, 6.45) is -20.8. The maximum Gasteiger partial charge on any atom is 0.187 e. The smallest absolute Gasteiger partial charge is 0.187 e. The fourth-order valence-corrected chi connectivity index (χ4v) is 5.17. The third kappa shape index (κ3) is 6.89. The quantitative estimate of drug-likeness (QED) is 0.103. The molecule has 4 aliphatic rings. The standard InChI is InChI=1S/C23H40O16/c24-4-10-14(28)15(29)18(32)22(36-10)39-21-12(6-26)37-23(19(33)17(21)31)38-20-11(5-25)35-9(13(27)16(20)30)3-1-2-8-7-34-8/h8-33H,1-7H2/t8?,9-,10+,11+,12+,13-,14-,15-,16+,17+,18+,19+,20+,21+,22-,23-/m0/s1. The summed E-state index contributed by atoms with van der Waals surface area (Å²) in [5, 5.41) is 102. The number of hydrogen-bond donors (Lipinski definition) is 10. The van der Waals surface area contributed by atoms with Crippen LogP contribution in [0.2, 0.25) is 0 Å². The van der Waals surface area contributed by atoms with Crippen LogP contribution in [0.5, 0.6) is 0 Å². The lowest BCUT2D eigenvalue weighted by molar-refractivity contribution is -0.373. The van der Waals surface area contributed by atoms with Crippen LogP contribution in [0.3, 0.4) is 0 Å². The summed E-state index contributed by atoms with van der Waals surface area (Å²) in [6, 6.07) is 0. The molecule has 1 unspecified atom stereocenters. The summed E-state index contributed by atoms with van der Waals surface area (Å²) in [4.78, 5) is 0. The van der Waals surface area contributed by atoms with E-state index in [1.165, 1.54) is 0 Å². The molecule has 0 amide bonds. The van der Waals surface area contributed by atoms with Crippen molar-refractivity contribution in [1.82, 2.24) is 0 Å². The predicted octanol–water partition coefficient (Wildman–Crippen LogP) is -5.95. The van der Waals surface area contributed by atoms with Crippen molar-refractivity contribution in [3.63, 3.8) is 0 Å². The van der Waals surface area contributed by atoms with E-state index in [9.17, 15) is 51.1 Å². The van der Waals surface area contributed by atoms with Crippen molar-refractivity contribution in [2.75, 3.05) is 26.4 Å². The first-order valence-electron chi connectivity index (χ1n) is 13.1. The van der Waals surface area contributed by atoms with Crippen molar-refractivity contribution in [3.8, 4) is 0 Å². The van der Waals surface area contributed by atoms with Crippen LogP contribution < -0.4 is 0 Å². The summed E-state index contributed by atoms with van der Waals surface area (Å²) >= 11 is 0. The summed E-state index contributed by atoms with van der Waals surface area (Å²) < 4.78 is 32.9. The van der Waals surface area contributed by atoms with Gasteiger partial charge in [-0.2, -0.15) is 0 Å². The number of aliphatic hydroxyl groups is 10. The van der Waals surface area contributed by atoms with Gasteiger partial charge < -0.3 is 79.5 Å². The number of ether oxygens (including phenoxy) is 6. The van der Waals surface area contributed by atoms with Gasteiger partial charge in [-0.3, -0.25) is 0 Å². The van der Waals surface area contributed by atoms with Crippen LogP contribution in [0.25, 0.3) is 0 Å². The SMILES string of the molecule is OC[C@H]1O[C@@H](O[C@H]2[C@H](O)[C@@H](O)[C@H](O[C@H]3[C@H](O)[C@@H](O)[C@H](CCCC4CO4)O[C@@H]3CO)O[C@@H]2CO)[C@H](O)[C@@H](O)[C@H]1O. The average molecular weight is 573 g/mol. The second-order valence-electron chi connectivity index (χ2n) is 10.4. The molecular formula is C23H40O16. The Labute approximate surface area is 223 Å². The summed E-state index contributed by atoms with van der Waals surface area (Å²) in [5.74, 6) is 0. The molecule has 4 aliphatic heterocycles. The van der Waals surface area contributed by atoms with Crippen molar-refractivity contribution in [2.45, 2.75) is 117 Å².